The number of nitro groups is 1. The second kappa shape index (κ2) is 6.99. The highest BCUT2D eigenvalue weighted by Gasteiger charge is 2.32. The fraction of sp³-hybridized carbons (Fsp3) is 0.750. The highest BCUT2D eigenvalue weighted by Crippen LogP contribution is 2.35. The van der Waals surface area contributed by atoms with Gasteiger partial charge in [-0.3, -0.25) is 10.1 Å². The summed E-state index contributed by atoms with van der Waals surface area (Å²) in [5, 5.41) is 11.5. The molecule has 2 aliphatic heterocycles. The molecule has 0 unspecified atom stereocenters. The Balaban J connectivity index is 1.97. The number of piperidine rings is 1. The second-order valence-electron chi connectivity index (χ2n) is 7.17. The number of hydrogen-bond acceptors (Lipinski definition) is 8. The molecule has 2 fully saturated rings. The Morgan fingerprint density at radius 2 is 1.72 bits per heavy atom. The van der Waals surface area contributed by atoms with Crippen molar-refractivity contribution in [2.75, 3.05) is 41.7 Å². The van der Waals surface area contributed by atoms with Crippen LogP contribution in [0.5, 0.6) is 0 Å². The first-order valence-corrected chi connectivity index (χ1v) is 8.82. The third-order valence-corrected chi connectivity index (χ3v) is 4.85. The van der Waals surface area contributed by atoms with Gasteiger partial charge in [-0.05, 0) is 32.6 Å². The van der Waals surface area contributed by atoms with Crippen LogP contribution in [0.4, 0.5) is 23.3 Å². The van der Waals surface area contributed by atoms with E-state index in [1.165, 1.54) is 0 Å². The van der Waals surface area contributed by atoms with E-state index < -0.39 is 4.92 Å². The smallest absolute Gasteiger partial charge is 0.353 e. The minimum atomic E-state index is -0.475. The number of aromatic nitrogens is 2. The van der Waals surface area contributed by atoms with Crippen molar-refractivity contribution in [2.45, 2.75) is 45.8 Å². The van der Waals surface area contributed by atoms with E-state index >= 15 is 0 Å². The van der Waals surface area contributed by atoms with Crippen molar-refractivity contribution in [3.63, 3.8) is 0 Å². The molecule has 0 aliphatic carbocycles. The molecule has 3 heterocycles. The lowest BCUT2D eigenvalue weighted by atomic mass is 9.99. The van der Waals surface area contributed by atoms with Crippen molar-refractivity contribution in [2.24, 2.45) is 5.92 Å². The van der Waals surface area contributed by atoms with Gasteiger partial charge < -0.3 is 20.3 Å². The fourth-order valence-electron chi connectivity index (χ4n) is 3.55. The fourth-order valence-corrected chi connectivity index (χ4v) is 3.55. The summed E-state index contributed by atoms with van der Waals surface area (Å²) in [6.45, 7) is 8.94. The number of nitrogens with zero attached hydrogens (tertiary/aromatic N) is 5. The van der Waals surface area contributed by atoms with E-state index in [1.54, 1.807) is 0 Å². The van der Waals surface area contributed by atoms with Crippen LogP contribution in [0.25, 0.3) is 0 Å². The third kappa shape index (κ3) is 3.76. The van der Waals surface area contributed by atoms with Gasteiger partial charge in [-0.25, -0.2) is 0 Å². The number of morpholine rings is 1. The third-order valence-electron chi connectivity index (χ3n) is 4.85. The van der Waals surface area contributed by atoms with Crippen LogP contribution in [0, 0.1) is 16.0 Å². The Kier molecular flexibility index (Phi) is 4.94. The monoisotopic (exact) mass is 350 g/mol. The molecule has 0 radical (unpaired) electrons. The van der Waals surface area contributed by atoms with E-state index in [0.717, 1.165) is 25.9 Å². The number of anilines is 3. The van der Waals surface area contributed by atoms with Crippen LogP contribution in [0.3, 0.4) is 0 Å². The van der Waals surface area contributed by atoms with Crippen LogP contribution in [-0.4, -0.2) is 53.3 Å². The van der Waals surface area contributed by atoms with E-state index in [0.29, 0.717) is 30.8 Å². The average Bonchev–Trinajstić information content (AvgIpc) is 2.53. The lowest BCUT2D eigenvalue weighted by molar-refractivity contribution is -0.383. The second-order valence-corrected chi connectivity index (χ2v) is 7.17. The summed E-state index contributed by atoms with van der Waals surface area (Å²) in [7, 11) is 0. The van der Waals surface area contributed by atoms with Gasteiger partial charge in [-0.2, -0.15) is 9.97 Å². The summed E-state index contributed by atoms with van der Waals surface area (Å²) >= 11 is 0. The van der Waals surface area contributed by atoms with Crippen molar-refractivity contribution < 1.29 is 9.66 Å². The molecule has 1 aromatic heterocycles. The average molecular weight is 350 g/mol. The molecule has 2 atom stereocenters. The van der Waals surface area contributed by atoms with E-state index in [-0.39, 0.29) is 23.7 Å². The highest BCUT2D eigenvalue weighted by molar-refractivity contribution is 5.71. The molecule has 25 heavy (non-hydrogen) atoms. The van der Waals surface area contributed by atoms with Gasteiger partial charge in [0.25, 0.3) is 0 Å². The van der Waals surface area contributed by atoms with Crippen LogP contribution in [0.2, 0.25) is 0 Å². The summed E-state index contributed by atoms with van der Waals surface area (Å²) in [4.78, 5) is 23.8. The van der Waals surface area contributed by atoms with Gasteiger partial charge in [-0.15, -0.1) is 0 Å². The largest absolute Gasteiger partial charge is 0.378 e. The van der Waals surface area contributed by atoms with Gasteiger partial charge in [0.1, 0.15) is 0 Å². The number of nitrogen functional groups attached to an aromatic ring is 1. The zero-order chi connectivity index (χ0) is 18.1. The first kappa shape index (κ1) is 17.7. The first-order chi connectivity index (χ1) is 11.8. The predicted octanol–water partition coefficient (Wildman–Crippen LogP) is 1.82. The zero-order valence-electron chi connectivity index (χ0n) is 15.0. The Morgan fingerprint density at radius 3 is 2.28 bits per heavy atom. The molecule has 2 N–H and O–H groups in total. The van der Waals surface area contributed by atoms with Crippen molar-refractivity contribution in [1.29, 1.82) is 0 Å². The summed E-state index contributed by atoms with van der Waals surface area (Å²) < 4.78 is 5.74. The molecule has 9 nitrogen and oxygen atoms in total. The van der Waals surface area contributed by atoms with E-state index in [1.807, 2.05) is 23.6 Å². The molecule has 0 bridgehead atoms. The molecule has 1 aromatic rings. The zero-order valence-corrected chi connectivity index (χ0v) is 15.0. The van der Waals surface area contributed by atoms with Crippen molar-refractivity contribution in [3.8, 4) is 0 Å². The molecule has 138 valence electrons. The Bertz CT molecular complexity index is 637. The van der Waals surface area contributed by atoms with Gasteiger partial charge in [-0.1, -0.05) is 6.92 Å². The first-order valence-electron chi connectivity index (χ1n) is 8.82. The number of nitrogens with two attached hydrogens (primary N) is 1. The summed E-state index contributed by atoms with van der Waals surface area (Å²) in [6.07, 6.45) is 2.07. The quantitative estimate of drug-likeness (QED) is 0.649. The lowest BCUT2D eigenvalue weighted by Crippen LogP contribution is -2.46. The topological polar surface area (TPSA) is 111 Å². The van der Waals surface area contributed by atoms with Gasteiger partial charge in [0.15, 0.2) is 0 Å². The molecular formula is C16H26N6O3. The van der Waals surface area contributed by atoms with E-state index in [9.17, 15) is 10.1 Å². The molecule has 3 rings (SSSR count). The maximum absolute atomic E-state index is 11.5. The van der Waals surface area contributed by atoms with Gasteiger partial charge in [0, 0.05) is 26.2 Å². The molecule has 0 amide bonds. The Labute approximate surface area is 147 Å². The Morgan fingerprint density at radius 1 is 1.12 bits per heavy atom. The summed E-state index contributed by atoms with van der Waals surface area (Å²) in [6, 6.07) is 0. The van der Waals surface area contributed by atoms with Crippen LogP contribution >= 0.6 is 0 Å². The molecule has 2 saturated heterocycles. The van der Waals surface area contributed by atoms with Crippen molar-refractivity contribution in [3.05, 3.63) is 10.1 Å². The highest BCUT2D eigenvalue weighted by atomic mass is 16.6. The predicted molar refractivity (Wildman–Crippen MR) is 95.9 cm³/mol. The van der Waals surface area contributed by atoms with Crippen LogP contribution < -0.4 is 15.5 Å². The van der Waals surface area contributed by atoms with Crippen LogP contribution in [-0.2, 0) is 4.74 Å². The number of rotatable bonds is 3. The minimum absolute atomic E-state index is 0.0445. The molecule has 0 spiro atoms. The van der Waals surface area contributed by atoms with Gasteiger partial charge in [0.05, 0.1) is 17.1 Å². The normalized spacial score (nSPS) is 25.2. The molecule has 0 saturated carbocycles. The standard InChI is InChI=1S/C16H26N6O3/c1-10-4-6-20(7-5-10)15-13(22(23)24)14(17)18-16(19-15)21-8-11(2)25-12(3)9-21/h10-12H,4-9H2,1-3H3,(H2,17,18,19)/t11-,12-/m0/s1. The molecule has 0 aromatic carbocycles. The van der Waals surface area contributed by atoms with Gasteiger partial charge in [0.2, 0.25) is 17.6 Å². The lowest BCUT2D eigenvalue weighted by Gasteiger charge is -2.36. The molecule has 9 heteroatoms. The van der Waals surface area contributed by atoms with Crippen molar-refractivity contribution in [1.82, 2.24) is 9.97 Å². The van der Waals surface area contributed by atoms with Crippen LogP contribution in [0.15, 0.2) is 0 Å². The SMILES string of the molecule is CC1CCN(c2nc(N3C[C@H](C)O[C@@H](C)C3)nc(N)c2[N+](=O)[O-])CC1. The minimum Gasteiger partial charge on any atom is -0.378 e. The number of ether oxygens (including phenoxy) is 1. The molecule has 2 aliphatic rings. The van der Waals surface area contributed by atoms with Gasteiger partial charge >= 0.3 is 5.69 Å². The maximum Gasteiger partial charge on any atom is 0.353 e. The van der Waals surface area contributed by atoms with Crippen LogP contribution in [0.1, 0.15) is 33.6 Å². The Hall–Kier alpha value is -2.16. The summed E-state index contributed by atoms with van der Waals surface area (Å²) in [5.41, 5.74) is 5.77. The van der Waals surface area contributed by atoms with Crippen molar-refractivity contribution >= 4 is 23.3 Å². The number of hydrogen-bond donors (Lipinski definition) is 1. The van der Waals surface area contributed by atoms with E-state index in [2.05, 4.69) is 16.9 Å². The van der Waals surface area contributed by atoms with E-state index in [4.69, 9.17) is 10.5 Å². The maximum atomic E-state index is 11.5. The summed E-state index contributed by atoms with van der Waals surface area (Å²) in [5.74, 6) is 1.33. The molecular weight excluding hydrogens is 324 g/mol.